The molecule has 0 bridgehead atoms. The highest BCUT2D eigenvalue weighted by Gasteiger charge is 2.07. The summed E-state index contributed by atoms with van der Waals surface area (Å²) in [7, 11) is 0. The van der Waals surface area contributed by atoms with Crippen molar-refractivity contribution in [2.75, 3.05) is 5.32 Å². The Bertz CT molecular complexity index is 815. The maximum atomic E-state index is 5.33. The summed E-state index contributed by atoms with van der Waals surface area (Å²) in [6, 6.07) is 13.4. The third-order valence-corrected chi connectivity index (χ3v) is 2.96. The van der Waals surface area contributed by atoms with Crippen molar-refractivity contribution in [3.05, 3.63) is 54.4 Å². The number of hydrazine groups is 1. The van der Waals surface area contributed by atoms with E-state index in [-0.39, 0.29) is 5.84 Å². The second-order valence-electron chi connectivity index (χ2n) is 4.41. The lowest BCUT2D eigenvalue weighted by molar-refractivity contribution is 0.989. The summed E-state index contributed by atoms with van der Waals surface area (Å²) in [6.45, 7) is 0. The summed E-state index contributed by atoms with van der Waals surface area (Å²) >= 11 is 0. The van der Waals surface area contributed by atoms with Gasteiger partial charge < -0.3 is 16.6 Å². The maximum absolute atomic E-state index is 5.33. The van der Waals surface area contributed by atoms with E-state index in [1.54, 1.807) is 0 Å². The first kappa shape index (κ1) is 13.7. The molecule has 8 nitrogen and oxygen atoms in total. The number of fused-ring (bicyclic) bond motifs is 1. The molecule has 0 aliphatic carbocycles. The van der Waals surface area contributed by atoms with Crippen molar-refractivity contribution in [2.24, 2.45) is 16.8 Å². The molecule has 0 fully saturated rings. The Morgan fingerprint density at radius 2 is 1.86 bits per heavy atom. The van der Waals surface area contributed by atoms with Crippen LogP contribution < -0.4 is 22.4 Å². The van der Waals surface area contributed by atoms with Gasteiger partial charge >= 0.3 is 0 Å². The third kappa shape index (κ3) is 2.76. The van der Waals surface area contributed by atoms with Crippen LogP contribution in [-0.4, -0.2) is 20.8 Å². The van der Waals surface area contributed by atoms with Gasteiger partial charge in [-0.3, -0.25) is 4.98 Å². The molecule has 0 atom stereocenters. The number of hydrogen-bond donors (Lipinski definition) is 4. The van der Waals surface area contributed by atoms with Crippen LogP contribution in [0.25, 0.3) is 11.2 Å². The predicted octanol–water partition coefficient (Wildman–Crippen LogP) is 0.852. The van der Waals surface area contributed by atoms with Crippen LogP contribution in [0.3, 0.4) is 0 Å². The van der Waals surface area contributed by atoms with Crippen LogP contribution in [-0.2, 0) is 0 Å². The van der Waals surface area contributed by atoms with Crippen molar-refractivity contribution < 1.29 is 0 Å². The number of anilines is 2. The maximum Gasteiger partial charge on any atom is 0.187 e. The van der Waals surface area contributed by atoms with E-state index in [0.29, 0.717) is 22.7 Å². The summed E-state index contributed by atoms with van der Waals surface area (Å²) in [5.74, 6) is 11.5. The molecule has 6 N–H and O–H groups in total. The van der Waals surface area contributed by atoms with E-state index >= 15 is 0 Å². The molecule has 0 aliphatic heterocycles. The number of hydrazone groups is 1. The monoisotopic (exact) mass is 294 g/mol. The summed E-state index contributed by atoms with van der Waals surface area (Å²) in [6.07, 6.45) is 1.53. The number of hydrogen-bond acceptors (Lipinski definition) is 7. The SMILES string of the molecule is N/N=C(\NN)c1cnc2ccc(Nc3ccccc3)nc2n1. The molecule has 0 aliphatic rings. The molecule has 3 rings (SSSR count). The molecule has 22 heavy (non-hydrogen) atoms. The molecular weight excluding hydrogens is 280 g/mol. The molecule has 0 spiro atoms. The summed E-state index contributed by atoms with van der Waals surface area (Å²) in [5, 5.41) is 6.71. The van der Waals surface area contributed by atoms with Crippen molar-refractivity contribution in [1.29, 1.82) is 0 Å². The number of rotatable bonds is 3. The molecule has 2 aromatic heterocycles. The van der Waals surface area contributed by atoms with Crippen LogP contribution >= 0.6 is 0 Å². The Labute approximate surface area is 126 Å². The molecular formula is C14H14N8. The van der Waals surface area contributed by atoms with E-state index in [2.05, 4.69) is 30.8 Å². The highest BCUT2D eigenvalue weighted by molar-refractivity contribution is 5.97. The van der Waals surface area contributed by atoms with Crippen LogP contribution in [0.15, 0.2) is 53.8 Å². The largest absolute Gasteiger partial charge is 0.340 e. The number of amidine groups is 1. The van der Waals surface area contributed by atoms with Gasteiger partial charge in [0.2, 0.25) is 0 Å². The van der Waals surface area contributed by atoms with Gasteiger partial charge in [-0.05, 0) is 24.3 Å². The highest BCUT2D eigenvalue weighted by Crippen LogP contribution is 2.16. The minimum Gasteiger partial charge on any atom is -0.340 e. The van der Waals surface area contributed by atoms with Crippen LogP contribution in [0, 0.1) is 0 Å². The van der Waals surface area contributed by atoms with E-state index < -0.39 is 0 Å². The van der Waals surface area contributed by atoms with Gasteiger partial charge in [-0.2, -0.15) is 5.10 Å². The summed E-state index contributed by atoms with van der Waals surface area (Å²) in [5.41, 5.74) is 4.85. The van der Waals surface area contributed by atoms with Gasteiger partial charge in [-0.15, -0.1) is 0 Å². The van der Waals surface area contributed by atoms with Crippen molar-refractivity contribution >= 4 is 28.5 Å². The number of benzene rings is 1. The van der Waals surface area contributed by atoms with Crippen LogP contribution in [0.2, 0.25) is 0 Å². The van der Waals surface area contributed by atoms with E-state index in [9.17, 15) is 0 Å². The normalized spacial score (nSPS) is 11.4. The van der Waals surface area contributed by atoms with Gasteiger partial charge in [0.15, 0.2) is 11.5 Å². The fourth-order valence-electron chi connectivity index (χ4n) is 1.93. The van der Waals surface area contributed by atoms with E-state index in [4.69, 9.17) is 11.7 Å². The van der Waals surface area contributed by atoms with Crippen molar-refractivity contribution in [2.45, 2.75) is 0 Å². The zero-order valence-electron chi connectivity index (χ0n) is 11.6. The van der Waals surface area contributed by atoms with Gasteiger partial charge in [0, 0.05) is 5.69 Å². The first-order valence-corrected chi connectivity index (χ1v) is 6.51. The Balaban J connectivity index is 1.97. The van der Waals surface area contributed by atoms with E-state index in [1.807, 2.05) is 42.5 Å². The van der Waals surface area contributed by atoms with Crippen LogP contribution in [0.5, 0.6) is 0 Å². The Kier molecular flexibility index (Phi) is 3.75. The second kappa shape index (κ2) is 6.02. The number of aromatic nitrogens is 3. The smallest absolute Gasteiger partial charge is 0.187 e. The van der Waals surface area contributed by atoms with Gasteiger partial charge in [-0.25, -0.2) is 15.8 Å². The lowest BCUT2D eigenvalue weighted by Crippen LogP contribution is -2.32. The lowest BCUT2D eigenvalue weighted by Gasteiger charge is -2.07. The standard InChI is InChI=1S/C14H14N8/c15-21-14(22-16)11-8-17-10-6-7-12(20-13(10)19-11)18-9-4-2-1-3-5-9/h1-8H,15-16H2,(H,21,22)(H,18,19,20). The van der Waals surface area contributed by atoms with Crippen LogP contribution in [0.1, 0.15) is 5.69 Å². The van der Waals surface area contributed by atoms with Crippen molar-refractivity contribution in [3.8, 4) is 0 Å². The van der Waals surface area contributed by atoms with Gasteiger partial charge in [0.05, 0.1) is 6.20 Å². The van der Waals surface area contributed by atoms with E-state index in [1.165, 1.54) is 6.20 Å². The topological polar surface area (TPSA) is 127 Å². The zero-order valence-corrected chi connectivity index (χ0v) is 11.6. The molecule has 0 amide bonds. The highest BCUT2D eigenvalue weighted by atomic mass is 15.3. The summed E-state index contributed by atoms with van der Waals surface area (Å²) < 4.78 is 0. The zero-order chi connectivity index (χ0) is 15.4. The number of pyridine rings is 1. The molecule has 110 valence electrons. The molecule has 2 heterocycles. The molecule has 0 radical (unpaired) electrons. The Hall–Kier alpha value is -3.26. The number of para-hydroxylation sites is 1. The lowest BCUT2D eigenvalue weighted by atomic mass is 10.3. The molecule has 0 saturated carbocycles. The van der Waals surface area contributed by atoms with Gasteiger partial charge in [-0.1, -0.05) is 18.2 Å². The predicted molar refractivity (Wildman–Crippen MR) is 85.1 cm³/mol. The van der Waals surface area contributed by atoms with Crippen molar-refractivity contribution in [3.63, 3.8) is 0 Å². The third-order valence-electron chi connectivity index (χ3n) is 2.96. The summed E-state index contributed by atoms with van der Waals surface area (Å²) in [4.78, 5) is 13.0. The Morgan fingerprint density at radius 1 is 1.05 bits per heavy atom. The van der Waals surface area contributed by atoms with Gasteiger partial charge in [0.25, 0.3) is 0 Å². The first-order valence-electron chi connectivity index (χ1n) is 6.51. The fraction of sp³-hybridized carbons (Fsp3) is 0. The van der Waals surface area contributed by atoms with Crippen molar-refractivity contribution in [1.82, 2.24) is 20.4 Å². The molecule has 0 unspecified atom stereocenters. The first-order chi connectivity index (χ1) is 10.8. The molecule has 0 saturated heterocycles. The molecule has 3 aromatic rings. The molecule has 1 aromatic carbocycles. The fourth-order valence-corrected chi connectivity index (χ4v) is 1.93. The van der Waals surface area contributed by atoms with E-state index in [0.717, 1.165) is 5.69 Å². The quantitative estimate of drug-likeness (QED) is 0.244. The molecule has 8 heteroatoms. The second-order valence-corrected chi connectivity index (χ2v) is 4.41. The number of nitrogens with one attached hydrogen (secondary N) is 2. The number of nitrogens with two attached hydrogens (primary N) is 2. The average Bonchev–Trinajstić information content (AvgIpc) is 2.56. The van der Waals surface area contributed by atoms with Gasteiger partial charge in [0.1, 0.15) is 17.0 Å². The number of nitrogens with zero attached hydrogens (tertiary/aromatic N) is 4. The minimum absolute atomic E-state index is 0.234. The van der Waals surface area contributed by atoms with Crippen LogP contribution in [0.4, 0.5) is 11.5 Å². The Morgan fingerprint density at radius 3 is 2.59 bits per heavy atom. The average molecular weight is 294 g/mol. The minimum atomic E-state index is 0.234.